The standard InChI is InChI=1S/C15H23NO3/c1-11(10-17-2)8-13(16)12-4-5-14-15(9-12)19-7-3-6-18-14/h4-5,9,11,13H,3,6-8,10,16H2,1-2H3. The van der Waals surface area contributed by atoms with Crippen molar-refractivity contribution in [2.45, 2.75) is 25.8 Å². The molecule has 0 amide bonds. The van der Waals surface area contributed by atoms with Crippen LogP contribution in [0.5, 0.6) is 11.5 Å². The minimum Gasteiger partial charge on any atom is -0.490 e. The zero-order chi connectivity index (χ0) is 13.7. The summed E-state index contributed by atoms with van der Waals surface area (Å²) in [5.74, 6) is 2.07. The first-order valence-corrected chi connectivity index (χ1v) is 6.84. The first kappa shape index (κ1) is 14.2. The SMILES string of the molecule is COCC(C)CC(N)c1ccc2c(c1)OCCCO2. The van der Waals surface area contributed by atoms with Gasteiger partial charge >= 0.3 is 0 Å². The molecule has 0 radical (unpaired) electrons. The van der Waals surface area contributed by atoms with Crippen LogP contribution in [0, 0.1) is 5.92 Å². The van der Waals surface area contributed by atoms with Gasteiger partial charge in [-0.3, -0.25) is 0 Å². The van der Waals surface area contributed by atoms with E-state index in [0.717, 1.165) is 36.5 Å². The number of methoxy groups -OCH3 is 1. The van der Waals surface area contributed by atoms with Crippen molar-refractivity contribution in [3.63, 3.8) is 0 Å². The second kappa shape index (κ2) is 6.78. The summed E-state index contributed by atoms with van der Waals surface area (Å²) in [6.45, 7) is 4.29. The van der Waals surface area contributed by atoms with Crippen LogP contribution in [0.15, 0.2) is 18.2 Å². The van der Waals surface area contributed by atoms with E-state index >= 15 is 0 Å². The molecule has 1 aromatic carbocycles. The van der Waals surface area contributed by atoms with Gasteiger partial charge < -0.3 is 19.9 Å². The highest BCUT2D eigenvalue weighted by atomic mass is 16.5. The highest BCUT2D eigenvalue weighted by Crippen LogP contribution is 2.33. The number of hydrogen-bond donors (Lipinski definition) is 1. The predicted octanol–water partition coefficient (Wildman–Crippen LogP) is 2.52. The molecule has 106 valence electrons. The largest absolute Gasteiger partial charge is 0.490 e. The maximum absolute atomic E-state index is 6.25. The molecular formula is C15H23NO3. The van der Waals surface area contributed by atoms with E-state index in [2.05, 4.69) is 6.92 Å². The molecular weight excluding hydrogens is 242 g/mol. The van der Waals surface area contributed by atoms with Gasteiger partial charge in [-0.15, -0.1) is 0 Å². The third kappa shape index (κ3) is 3.85. The lowest BCUT2D eigenvalue weighted by molar-refractivity contribution is 0.152. The van der Waals surface area contributed by atoms with E-state index in [-0.39, 0.29) is 6.04 Å². The van der Waals surface area contributed by atoms with Crippen LogP contribution in [0.3, 0.4) is 0 Å². The Bertz CT molecular complexity index is 408. The summed E-state index contributed by atoms with van der Waals surface area (Å²) in [4.78, 5) is 0. The summed E-state index contributed by atoms with van der Waals surface area (Å²) >= 11 is 0. The number of hydrogen-bond acceptors (Lipinski definition) is 4. The van der Waals surface area contributed by atoms with Crippen molar-refractivity contribution in [1.29, 1.82) is 0 Å². The number of rotatable bonds is 5. The normalized spacial score (nSPS) is 17.6. The molecule has 4 heteroatoms. The van der Waals surface area contributed by atoms with Crippen LogP contribution < -0.4 is 15.2 Å². The lowest BCUT2D eigenvalue weighted by Gasteiger charge is -2.18. The summed E-state index contributed by atoms with van der Waals surface area (Å²) < 4.78 is 16.5. The number of fused-ring (bicyclic) bond motifs is 1. The Morgan fingerprint density at radius 1 is 1.26 bits per heavy atom. The Hall–Kier alpha value is -1.26. The van der Waals surface area contributed by atoms with E-state index < -0.39 is 0 Å². The Morgan fingerprint density at radius 2 is 2.00 bits per heavy atom. The second-order valence-corrected chi connectivity index (χ2v) is 5.16. The molecule has 2 N–H and O–H groups in total. The maximum Gasteiger partial charge on any atom is 0.161 e. The third-order valence-corrected chi connectivity index (χ3v) is 3.31. The zero-order valence-corrected chi connectivity index (χ0v) is 11.7. The van der Waals surface area contributed by atoms with Crippen molar-refractivity contribution in [2.75, 3.05) is 26.9 Å². The smallest absolute Gasteiger partial charge is 0.161 e. The van der Waals surface area contributed by atoms with E-state index in [9.17, 15) is 0 Å². The van der Waals surface area contributed by atoms with Gasteiger partial charge in [-0.1, -0.05) is 13.0 Å². The Morgan fingerprint density at radius 3 is 2.74 bits per heavy atom. The highest BCUT2D eigenvalue weighted by Gasteiger charge is 2.15. The van der Waals surface area contributed by atoms with E-state index in [1.807, 2.05) is 18.2 Å². The second-order valence-electron chi connectivity index (χ2n) is 5.16. The Balaban J connectivity index is 2.06. The molecule has 1 aliphatic rings. The van der Waals surface area contributed by atoms with Gasteiger partial charge in [-0.25, -0.2) is 0 Å². The predicted molar refractivity (Wildman–Crippen MR) is 74.6 cm³/mol. The van der Waals surface area contributed by atoms with E-state index in [4.69, 9.17) is 19.9 Å². The maximum atomic E-state index is 6.25. The van der Waals surface area contributed by atoms with Gasteiger partial charge in [0.2, 0.25) is 0 Å². The minimum absolute atomic E-state index is 0.00213. The summed E-state index contributed by atoms with van der Waals surface area (Å²) in [5, 5.41) is 0. The molecule has 2 atom stereocenters. The first-order chi connectivity index (χ1) is 9.20. The zero-order valence-electron chi connectivity index (χ0n) is 11.7. The fourth-order valence-corrected chi connectivity index (χ4v) is 2.33. The molecule has 0 fully saturated rings. The fourth-order valence-electron chi connectivity index (χ4n) is 2.33. The fraction of sp³-hybridized carbons (Fsp3) is 0.600. The summed E-state index contributed by atoms with van der Waals surface area (Å²) in [6.07, 6.45) is 1.81. The molecule has 0 aliphatic carbocycles. The topological polar surface area (TPSA) is 53.7 Å². The monoisotopic (exact) mass is 265 g/mol. The Kier molecular flexibility index (Phi) is 5.05. The lowest BCUT2D eigenvalue weighted by atomic mass is 9.97. The molecule has 1 heterocycles. The molecule has 4 nitrogen and oxygen atoms in total. The average molecular weight is 265 g/mol. The van der Waals surface area contributed by atoms with Crippen molar-refractivity contribution >= 4 is 0 Å². The number of nitrogens with two attached hydrogens (primary N) is 1. The minimum atomic E-state index is 0.00213. The van der Waals surface area contributed by atoms with Gasteiger partial charge in [0.15, 0.2) is 11.5 Å². The van der Waals surface area contributed by atoms with Crippen LogP contribution in [0.2, 0.25) is 0 Å². The molecule has 0 saturated carbocycles. The molecule has 19 heavy (non-hydrogen) atoms. The third-order valence-electron chi connectivity index (χ3n) is 3.31. The van der Waals surface area contributed by atoms with Crippen LogP contribution in [0.4, 0.5) is 0 Å². The van der Waals surface area contributed by atoms with Crippen LogP contribution in [-0.4, -0.2) is 26.9 Å². The number of ether oxygens (including phenoxy) is 3. The van der Waals surface area contributed by atoms with Crippen LogP contribution in [-0.2, 0) is 4.74 Å². The van der Waals surface area contributed by atoms with Gasteiger partial charge in [-0.2, -0.15) is 0 Å². The van der Waals surface area contributed by atoms with E-state index in [0.29, 0.717) is 19.1 Å². The number of benzene rings is 1. The van der Waals surface area contributed by atoms with Crippen LogP contribution in [0.25, 0.3) is 0 Å². The quantitative estimate of drug-likeness (QED) is 0.889. The van der Waals surface area contributed by atoms with Crippen LogP contribution >= 0.6 is 0 Å². The van der Waals surface area contributed by atoms with Crippen molar-refractivity contribution in [2.24, 2.45) is 11.7 Å². The van der Waals surface area contributed by atoms with Crippen molar-refractivity contribution in [1.82, 2.24) is 0 Å². The van der Waals surface area contributed by atoms with Gasteiger partial charge in [0.25, 0.3) is 0 Å². The van der Waals surface area contributed by atoms with E-state index in [1.165, 1.54) is 0 Å². The first-order valence-electron chi connectivity index (χ1n) is 6.84. The lowest BCUT2D eigenvalue weighted by Crippen LogP contribution is -2.16. The average Bonchev–Trinajstić information content (AvgIpc) is 2.63. The molecule has 0 aromatic heterocycles. The summed E-state index contributed by atoms with van der Waals surface area (Å²) in [6, 6.07) is 5.99. The van der Waals surface area contributed by atoms with Crippen LogP contribution in [0.1, 0.15) is 31.4 Å². The Labute approximate surface area is 114 Å². The molecule has 0 spiro atoms. The van der Waals surface area contributed by atoms with Gasteiger partial charge in [0, 0.05) is 26.2 Å². The van der Waals surface area contributed by atoms with Gasteiger partial charge in [0.1, 0.15) is 0 Å². The van der Waals surface area contributed by atoms with E-state index in [1.54, 1.807) is 7.11 Å². The van der Waals surface area contributed by atoms with Crippen molar-refractivity contribution in [3.05, 3.63) is 23.8 Å². The van der Waals surface area contributed by atoms with Gasteiger partial charge in [0.05, 0.1) is 13.2 Å². The van der Waals surface area contributed by atoms with Gasteiger partial charge in [-0.05, 0) is 30.0 Å². The molecule has 0 bridgehead atoms. The molecule has 2 unspecified atom stereocenters. The van der Waals surface area contributed by atoms with Crippen molar-refractivity contribution in [3.8, 4) is 11.5 Å². The molecule has 1 aromatic rings. The molecule has 0 saturated heterocycles. The highest BCUT2D eigenvalue weighted by molar-refractivity contribution is 5.44. The summed E-state index contributed by atoms with van der Waals surface area (Å²) in [5.41, 5.74) is 7.34. The molecule has 2 rings (SSSR count). The van der Waals surface area contributed by atoms with Crippen molar-refractivity contribution < 1.29 is 14.2 Å². The molecule has 1 aliphatic heterocycles. The summed E-state index contributed by atoms with van der Waals surface area (Å²) in [7, 11) is 1.72.